The number of rotatable bonds is 10. The highest BCUT2D eigenvalue weighted by Gasteiger charge is 2.31. The van der Waals surface area contributed by atoms with Crippen molar-refractivity contribution in [2.45, 2.75) is 25.8 Å². The van der Waals surface area contributed by atoms with Crippen LogP contribution in [0.25, 0.3) is 0 Å². The van der Waals surface area contributed by atoms with Gasteiger partial charge in [-0.3, -0.25) is 18.9 Å². The van der Waals surface area contributed by atoms with Crippen LogP contribution in [-0.4, -0.2) is 39.1 Å². The molecule has 0 unspecified atom stereocenters. The summed E-state index contributed by atoms with van der Waals surface area (Å²) in [6.45, 7) is 1.51. The molecule has 0 saturated heterocycles. The highest BCUT2D eigenvalue weighted by Crippen LogP contribution is 2.37. The second-order valence-electron chi connectivity index (χ2n) is 8.85. The number of halogens is 2. The molecule has 1 fully saturated rings. The lowest BCUT2D eigenvalue weighted by molar-refractivity contribution is 0.0948. The van der Waals surface area contributed by atoms with Crippen molar-refractivity contribution in [3.8, 4) is 17.2 Å². The Morgan fingerprint density at radius 3 is 2.46 bits per heavy atom. The Kier molecular flexibility index (Phi) is 8.37. The van der Waals surface area contributed by atoms with Gasteiger partial charge in [-0.2, -0.15) is 8.42 Å². The van der Waals surface area contributed by atoms with Crippen LogP contribution < -0.4 is 35.1 Å². The van der Waals surface area contributed by atoms with E-state index in [4.69, 9.17) is 9.47 Å². The normalized spacial score (nSPS) is 13.1. The van der Waals surface area contributed by atoms with Gasteiger partial charge in [0.2, 0.25) is 0 Å². The lowest BCUT2D eigenvalue weighted by Crippen LogP contribution is -2.31. The molecule has 39 heavy (non-hydrogen) atoms. The molecule has 1 heterocycles. The van der Waals surface area contributed by atoms with E-state index in [9.17, 15) is 22.4 Å². The molecule has 1 aliphatic carbocycles. The molecular formula is C25H27FIN5O6S. The Hall–Kier alpha value is -3.37. The summed E-state index contributed by atoms with van der Waals surface area (Å²) in [6, 6.07) is 8.78. The van der Waals surface area contributed by atoms with Crippen molar-refractivity contribution in [3.05, 3.63) is 67.3 Å². The second kappa shape index (κ2) is 11.4. The third-order valence-corrected chi connectivity index (χ3v) is 7.66. The predicted molar refractivity (Wildman–Crippen MR) is 154 cm³/mol. The minimum Gasteiger partial charge on any atom is -0.497 e. The first-order valence-electron chi connectivity index (χ1n) is 11.8. The van der Waals surface area contributed by atoms with Crippen LogP contribution in [-0.2, 0) is 17.3 Å². The zero-order valence-electron chi connectivity index (χ0n) is 21.5. The van der Waals surface area contributed by atoms with Crippen LogP contribution in [0.5, 0.6) is 17.2 Å². The van der Waals surface area contributed by atoms with Gasteiger partial charge in [-0.05, 0) is 60.6 Å². The molecule has 1 saturated carbocycles. The largest absolute Gasteiger partial charge is 0.497 e. The molecule has 1 aliphatic rings. The summed E-state index contributed by atoms with van der Waals surface area (Å²) < 4.78 is 56.7. The van der Waals surface area contributed by atoms with Crippen molar-refractivity contribution >= 4 is 55.9 Å². The lowest BCUT2D eigenvalue weighted by Gasteiger charge is -2.21. The molecule has 0 bridgehead atoms. The maximum absolute atomic E-state index is 14.8. The summed E-state index contributed by atoms with van der Waals surface area (Å²) in [4.78, 5) is 26.8. The Morgan fingerprint density at radius 2 is 1.85 bits per heavy atom. The van der Waals surface area contributed by atoms with Crippen molar-refractivity contribution < 1.29 is 27.1 Å². The number of carbonyl (C=O) groups is 1. The van der Waals surface area contributed by atoms with Crippen LogP contribution in [0.15, 0.2) is 41.2 Å². The number of pyridine rings is 1. The van der Waals surface area contributed by atoms with E-state index in [1.54, 1.807) is 6.07 Å². The van der Waals surface area contributed by atoms with Gasteiger partial charge in [0.15, 0.2) is 5.75 Å². The van der Waals surface area contributed by atoms with Crippen molar-refractivity contribution in [2.24, 2.45) is 7.05 Å². The van der Waals surface area contributed by atoms with Crippen LogP contribution >= 0.6 is 22.6 Å². The van der Waals surface area contributed by atoms with Gasteiger partial charge in [0.05, 0.1) is 24.0 Å². The van der Waals surface area contributed by atoms with Gasteiger partial charge < -0.3 is 20.1 Å². The van der Waals surface area contributed by atoms with E-state index in [0.29, 0.717) is 3.57 Å². The smallest absolute Gasteiger partial charge is 0.298 e. The highest BCUT2D eigenvalue weighted by atomic mass is 127. The SMILES string of the molecule is CNS(=O)(=O)Nc1cc(OC)cc(Oc2c(C(=O)NC3CC3)c(Nc3ccc(I)cc3F)n(C)c(=O)c2C)c1. The topological polar surface area (TPSA) is 140 Å². The molecule has 2 aromatic carbocycles. The Labute approximate surface area is 238 Å². The summed E-state index contributed by atoms with van der Waals surface area (Å²) in [6.07, 6.45) is 1.62. The summed E-state index contributed by atoms with van der Waals surface area (Å²) in [5.41, 5.74) is -0.207. The van der Waals surface area contributed by atoms with Gasteiger partial charge in [-0.1, -0.05) is 0 Å². The number of carbonyl (C=O) groups excluding carboxylic acids is 1. The Morgan fingerprint density at radius 1 is 1.15 bits per heavy atom. The molecule has 0 spiro atoms. The van der Waals surface area contributed by atoms with E-state index in [2.05, 4.69) is 20.1 Å². The van der Waals surface area contributed by atoms with Crippen LogP contribution in [0.2, 0.25) is 0 Å². The van der Waals surface area contributed by atoms with E-state index >= 15 is 0 Å². The van der Waals surface area contributed by atoms with Crippen molar-refractivity contribution in [2.75, 3.05) is 24.2 Å². The molecule has 11 nitrogen and oxygen atoms in total. The molecule has 4 rings (SSSR count). The van der Waals surface area contributed by atoms with E-state index in [1.165, 1.54) is 63.0 Å². The number of ether oxygens (including phenoxy) is 2. The summed E-state index contributed by atoms with van der Waals surface area (Å²) in [7, 11) is 0.252. The first-order chi connectivity index (χ1) is 18.4. The molecule has 208 valence electrons. The average molecular weight is 671 g/mol. The number of methoxy groups -OCH3 is 1. The quantitative estimate of drug-likeness (QED) is 0.241. The molecule has 14 heteroatoms. The number of anilines is 3. The van der Waals surface area contributed by atoms with Crippen LogP contribution in [0.4, 0.5) is 21.6 Å². The first kappa shape index (κ1) is 28.6. The van der Waals surface area contributed by atoms with Crippen molar-refractivity contribution in [1.82, 2.24) is 14.6 Å². The third kappa shape index (κ3) is 6.62. The standard InChI is InChI=1S/C25H27FIN5O6S/c1-13-22(38-18-11-16(10-17(12-18)37-4)31-39(35,36)28-2)21(24(33)29-15-6-7-15)23(32(3)25(13)34)30-20-8-5-14(27)9-19(20)26/h5,8-12,15,28,30-31H,6-7H2,1-4H3,(H,29,33). The lowest BCUT2D eigenvalue weighted by atomic mass is 10.1. The number of nitrogens with one attached hydrogen (secondary N) is 4. The minimum atomic E-state index is -3.86. The maximum atomic E-state index is 14.8. The number of hydrogen-bond acceptors (Lipinski definition) is 7. The Balaban J connectivity index is 1.87. The number of amides is 1. The fourth-order valence-corrected chi connectivity index (χ4v) is 4.72. The summed E-state index contributed by atoms with van der Waals surface area (Å²) in [5, 5.41) is 5.80. The Bertz CT molecular complexity index is 1610. The summed E-state index contributed by atoms with van der Waals surface area (Å²) >= 11 is 1.98. The molecule has 3 aromatic rings. The van der Waals surface area contributed by atoms with Crippen LogP contribution in [0.1, 0.15) is 28.8 Å². The van der Waals surface area contributed by atoms with Crippen molar-refractivity contribution in [1.29, 1.82) is 0 Å². The summed E-state index contributed by atoms with van der Waals surface area (Å²) in [5.74, 6) is -0.783. The zero-order valence-corrected chi connectivity index (χ0v) is 24.5. The molecular weight excluding hydrogens is 644 g/mol. The van der Waals surface area contributed by atoms with E-state index in [1.807, 2.05) is 22.6 Å². The first-order valence-corrected chi connectivity index (χ1v) is 14.3. The third-order valence-electron chi connectivity index (χ3n) is 5.95. The van der Waals surface area contributed by atoms with E-state index in [-0.39, 0.29) is 51.6 Å². The molecule has 0 radical (unpaired) electrons. The fraction of sp³-hybridized carbons (Fsp3) is 0.280. The highest BCUT2D eigenvalue weighted by molar-refractivity contribution is 14.1. The number of benzene rings is 2. The van der Waals surface area contributed by atoms with Gasteiger partial charge in [0.1, 0.15) is 28.7 Å². The molecule has 4 N–H and O–H groups in total. The fourth-order valence-electron chi connectivity index (χ4n) is 3.73. The van der Waals surface area contributed by atoms with Crippen molar-refractivity contribution in [3.63, 3.8) is 0 Å². The maximum Gasteiger partial charge on any atom is 0.298 e. The number of hydrogen-bond donors (Lipinski definition) is 4. The van der Waals surface area contributed by atoms with Gasteiger partial charge in [0, 0.05) is 41.9 Å². The number of aromatic nitrogens is 1. The number of nitrogens with zero attached hydrogens (tertiary/aromatic N) is 1. The molecule has 0 aliphatic heterocycles. The molecule has 1 aromatic heterocycles. The van der Waals surface area contributed by atoms with Crippen LogP contribution in [0, 0.1) is 16.3 Å². The molecule has 1 amide bonds. The second-order valence-corrected chi connectivity index (χ2v) is 11.7. The zero-order chi connectivity index (χ0) is 28.5. The average Bonchev–Trinajstić information content (AvgIpc) is 3.70. The monoisotopic (exact) mass is 671 g/mol. The van der Waals surface area contributed by atoms with Gasteiger partial charge in [-0.25, -0.2) is 9.11 Å². The van der Waals surface area contributed by atoms with E-state index < -0.39 is 27.5 Å². The van der Waals surface area contributed by atoms with Crippen LogP contribution in [0.3, 0.4) is 0 Å². The van der Waals surface area contributed by atoms with Gasteiger partial charge in [-0.15, -0.1) is 0 Å². The molecule has 0 atom stereocenters. The van der Waals surface area contributed by atoms with Gasteiger partial charge in [0.25, 0.3) is 21.7 Å². The predicted octanol–water partition coefficient (Wildman–Crippen LogP) is 3.75. The van der Waals surface area contributed by atoms with E-state index in [0.717, 1.165) is 12.8 Å². The van der Waals surface area contributed by atoms with Gasteiger partial charge >= 0.3 is 0 Å². The minimum absolute atomic E-state index is 0.0142.